The number of aliphatic hydroxyl groups excluding tert-OH is 4. The Balaban J connectivity index is 1.96. The number of hydrogen-bond donors (Lipinski definition) is 6. The van der Waals surface area contributed by atoms with Gasteiger partial charge in [-0.05, 0) is 29.8 Å². The lowest BCUT2D eigenvalue weighted by Gasteiger charge is -2.39. The Hall–Kier alpha value is -3.09. The summed E-state index contributed by atoms with van der Waals surface area (Å²) in [7, 11) is 2.65. The van der Waals surface area contributed by atoms with Gasteiger partial charge < -0.3 is 49.6 Å². The summed E-state index contributed by atoms with van der Waals surface area (Å²) in [6.07, 6.45) is -7.33. The number of carboxylic acids is 1. The van der Waals surface area contributed by atoms with Gasteiger partial charge in [0.15, 0.2) is 0 Å². The Kier molecular flexibility index (Phi) is 7.61. The van der Waals surface area contributed by atoms with Gasteiger partial charge in [-0.15, -0.1) is 0 Å². The zero-order valence-electron chi connectivity index (χ0n) is 17.9. The number of ether oxygens (including phenoxy) is 4. The summed E-state index contributed by atoms with van der Waals surface area (Å²) < 4.78 is 21.5. The first-order valence-corrected chi connectivity index (χ1v) is 9.98. The average Bonchev–Trinajstić information content (AvgIpc) is 2.80. The Morgan fingerprint density at radius 2 is 1.67 bits per heavy atom. The minimum absolute atomic E-state index is 0.0502. The molecule has 0 radical (unpaired) electrons. The molecule has 11 heteroatoms. The number of aromatic carboxylic acids is 1. The Morgan fingerprint density at radius 3 is 2.27 bits per heavy atom. The predicted molar refractivity (Wildman–Crippen MR) is 112 cm³/mol. The summed E-state index contributed by atoms with van der Waals surface area (Å²) in [5.74, 6) is -1.04. The number of aliphatic hydroxyl groups is 4. The molecule has 1 aliphatic rings. The number of phenols is 1. The standard InChI is InChI=1S/C22H26O11/c1-30-14-5-3-10(20(31-2)16(14)21(28)29)7-11-8-12(24)4-6-13(11)32-22-19(27)18(26)17(25)15(9-23)33-22/h3-6,8,15,17-19,22-27H,7,9H2,1-2H3,(H,28,29). The number of methoxy groups -OCH3 is 2. The highest BCUT2D eigenvalue weighted by Gasteiger charge is 2.44. The van der Waals surface area contributed by atoms with Crippen molar-refractivity contribution < 1.29 is 54.4 Å². The molecule has 1 heterocycles. The monoisotopic (exact) mass is 466 g/mol. The average molecular weight is 466 g/mol. The maximum absolute atomic E-state index is 11.8. The van der Waals surface area contributed by atoms with Crippen LogP contribution in [-0.2, 0) is 11.2 Å². The van der Waals surface area contributed by atoms with Crippen molar-refractivity contribution in [2.24, 2.45) is 0 Å². The third-order valence-corrected chi connectivity index (χ3v) is 5.36. The number of rotatable bonds is 8. The second-order valence-electron chi connectivity index (χ2n) is 7.42. The summed E-state index contributed by atoms with van der Waals surface area (Å²) >= 11 is 0. The molecule has 1 aliphatic heterocycles. The quantitative estimate of drug-likeness (QED) is 0.306. The van der Waals surface area contributed by atoms with Gasteiger partial charge in [0.2, 0.25) is 6.29 Å². The fraction of sp³-hybridized carbons (Fsp3) is 0.409. The van der Waals surface area contributed by atoms with E-state index in [0.717, 1.165) is 0 Å². The molecule has 5 unspecified atom stereocenters. The summed E-state index contributed by atoms with van der Waals surface area (Å²) in [6.45, 7) is -0.617. The van der Waals surface area contributed by atoms with Crippen molar-refractivity contribution in [3.63, 3.8) is 0 Å². The lowest BCUT2D eigenvalue weighted by atomic mass is 9.98. The third kappa shape index (κ3) is 4.97. The van der Waals surface area contributed by atoms with Gasteiger partial charge in [0.05, 0.1) is 20.8 Å². The molecule has 1 fully saturated rings. The van der Waals surface area contributed by atoms with E-state index in [-0.39, 0.29) is 35.0 Å². The van der Waals surface area contributed by atoms with E-state index < -0.39 is 43.3 Å². The molecule has 1 saturated heterocycles. The normalized spacial score (nSPS) is 24.8. The van der Waals surface area contributed by atoms with E-state index in [9.17, 15) is 35.4 Å². The van der Waals surface area contributed by atoms with E-state index in [1.165, 1.54) is 38.5 Å². The smallest absolute Gasteiger partial charge is 0.343 e. The van der Waals surface area contributed by atoms with Crippen LogP contribution >= 0.6 is 0 Å². The molecule has 180 valence electrons. The zero-order valence-corrected chi connectivity index (χ0v) is 17.9. The topological polar surface area (TPSA) is 175 Å². The molecule has 2 aromatic rings. The fourth-order valence-electron chi connectivity index (χ4n) is 3.67. The molecule has 0 aliphatic carbocycles. The molecule has 0 aromatic heterocycles. The number of phenolic OH excluding ortho intramolecular Hbond substituents is 1. The summed E-state index contributed by atoms with van der Waals surface area (Å²) in [5.41, 5.74) is 0.653. The molecular formula is C22H26O11. The van der Waals surface area contributed by atoms with Gasteiger partial charge in [-0.25, -0.2) is 4.79 Å². The van der Waals surface area contributed by atoms with E-state index in [1.807, 2.05) is 0 Å². The second-order valence-corrected chi connectivity index (χ2v) is 7.42. The van der Waals surface area contributed by atoms with Crippen LogP contribution in [0.4, 0.5) is 0 Å². The molecular weight excluding hydrogens is 440 g/mol. The number of aromatic hydroxyl groups is 1. The van der Waals surface area contributed by atoms with Crippen molar-refractivity contribution in [3.05, 3.63) is 47.0 Å². The van der Waals surface area contributed by atoms with Crippen LogP contribution in [0.5, 0.6) is 23.0 Å². The number of carboxylic acid groups (broad SMARTS) is 1. The van der Waals surface area contributed by atoms with Gasteiger partial charge >= 0.3 is 5.97 Å². The predicted octanol–water partition coefficient (Wildman–Crippen LogP) is -0.123. The van der Waals surface area contributed by atoms with Crippen molar-refractivity contribution in [2.45, 2.75) is 37.1 Å². The fourth-order valence-corrected chi connectivity index (χ4v) is 3.67. The third-order valence-electron chi connectivity index (χ3n) is 5.36. The van der Waals surface area contributed by atoms with Crippen molar-refractivity contribution in [2.75, 3.05) is 20.8 Å². The van der Waals surface area contributed by atoms with Crippen LogP contribution in [0.25, 0.3) is 0 Å². The molecule has 5 atom stereocenters. The van der Waals surface area contributed by atoms with E-state index in [0.29, 0.717) is 11.1 Å². The SMILES string of the molecule is COc1ccc(Cc2cc(O)ccc2OC2OC(CO)C(O)C(O)C2O)c(OC)c1C(=O)O. The highest BCUT2D eigenvalue weighted by molar-refractivity contribution is 5.94. The molecule has 0 spiro atoms. The highest BCUT2D eigenvalue weighted by atomic mass is 16.7. The lowest BCUT2D eigenvalue weighted by Crippen LogP contribution is -2.60. The van der Waals surface area contributed by atoms with Crippen LogP contribution < -0.4 is 14.2 Å². The minimum atomic E-state index is -1.63. The van der Waals surface area contributed by atoms with Crippen molar-refractivity contribution >= 4 is 5.97 Å². The maximum Gasteiger partial charge on any atom is 0.343 e. The number of hydrogen-bond acceptors (Lipinski definition) is 10. The number of carbonyl (C=O) groups is 1. The van der Waals surface area contributed by atoms with Crippen LogP contribution in [0.2, 0.25) is 0 Å². The Morgan fingerprint density at radius 1 is 0.970 bits per heavy atom. The van der Waals surface area contributed by atoms with Crippen molar-refractivity contribution in [3.8, 4) is 23.0 Å². The second kappa shape index (κ2) is 10.2. The van der Waals surface area contributed by atoms with Crippen LogP contribution in [0, 0.1) is 0 Å². The first kappa shape index (κ1) is 24.6. The molecule has 0 amide bonds. The van der Waals surface area contributed by atoms with Crippen LogP contribution in [0.15, 0.2) is 30.3 Å². The maximum atomic E-state index is 11.8. The molecule has 33 heavy (non-hydrogen) atoms. The van der Waals surface area contributed by atoms with Crippen LogP contribution in [-0.4, -0.2) is 88.1 Å². The molecule has 2 aromatic carbocycles. The Labute approximate surface area is 189 Å². The van der Waals surface area contributed by atoms with Crippen LogP contribution in [0.1, 0.15) is 21.5 Å². The van der Waals surface area contributed by atoms with Crippen LogP contribution in [0.3, 0.4) is 0 Å². The summed E-state index contributed by atoms with van der Waals surface area (Å²) in [4.78, 5) is 11.8. The molecule has 6 N–H and O–H groups in total. The van der Waals surface area contributed by atoms with Gasteiger partial charge in [0.25, 0.3) is 0 Å². The van der Waals surface area contributed by atoms with E-state index in [1.54, 1.807) is 6.07 Å². The first-order chi connectivity index (χ1) is 15.7. The van der Waals surface area contributed by atoms with Crippen molar-refractivity contribution in [1.82, 2.24) is 0 Å². The first-order valence-electron chi connectivity index (χ1n) is 9.98. The Bertz CT molecular complexity index is 991. The summed E-state index contributed by atoms with van der Waals surface area (Å²) in [6, 6.07) is 7.19. The summed E-state index contributed by atoms with van der Waals surface area (Å²) in [5, 5.41) is 59.2. The highest BCUT2D eigenvalue weighted by Crippen LogP contribution is 2.36. The lowest BCUT2D eigenvalue weighted by molar-refractivity contribution is -0.277. The molecule has 0 bridgehead atoms. The largest absolute Gasteiger partial charge is 0.508 e. The van der Waals surface area contributed by atoms with Crippen molar-refractivity contribution in [1.29, 1.82) is 0 Å². The molecule has 3 rings (SSSR count). The van der Waals surface area contributed by atoms with Gasteiger partial charge in [-0.2, -0.15) is 0 Å². The van der Waals surface area contributed by atoms with E-state index in [4.69, 9.17) is 18.9 Å². The van der Waals surface area contributed by atoms with E-state index in [2.05, 4.69) is 0 Å². The molecule has 11 nitrogen and oxygen atoms in total. The zero-order chi connectivity index (χ0) is 24.3. The van der Waals surface area contributed by atoms with Gasteiger partial charge in [0.1, 0.15) is 53.0 Å². The number of benzene rings is 2. The van der Waals surface area contributed by atoms with E-state index >= 15 is 0 Å². The van der Waals surface area contributed by atoms with Gasteiger partial charge in [0, 0.05) is 12.0 Å². The molecule has 0 saturated carbocycles. The van der Waals surface area contributed by atoms with Gasteiger partial charge in [-0.1, -0.05) is 6.07 Å². The van der Waals surface area contributed by atoms with Gasteiger partial charge in [-0.3, -0.25) is 0 Å². The minimum Gasteiger partial charge on any atom is -0.508 e.